The Balaban J connectivity index is 2.32. The van der Waals surface area contributed by atoms with Crippen LogP contribution in [-0.4, -0.2) is 16.6 Å². The predicted octanol–water partition coefficient (Wildman–Crippen LogP) is 2.85. The minimum Gasteiger partial charge on any atom is -0.464 e. The molecule has 3 nitrogen and oxygen atoms in total. The van der Waals surface area contributed by atoms with Crippen molar-refractivity contribution >= 4 is 0 Å². The number of hydrogen-bond acceptors (Lipinski definition) is 3. The van der Waals surface area contributed by atoms with Crippen molar-refractivity contribution < 1.29 is 4.74 Å². The number of benzene rings is 1. The molecule has 0 aliphatic carbocycles. The van der Waals surface area contributed by atoms with Crippen molar-refractivity contribution in [3.05, 3.63) is 42.1 Å². The van der Waals surface area contributed by atoms with Crippen LogP contribution < -0.4 is 4.74 Å². The van der Waals surface area contributed by atoms with E-state index in [1.807, 2.05) is 25.1 Å². The summed E-state index contributed by atoms with van der Waals surface area (Å²) in [6.45, 7) is 4.56. The normalized spacial score (nSPS) is 10.1. The zero-order valence-electron chi connectivity index (χ0n) is 9.47. The molecule has 0 atom stereocenters. The van der Waals surface area contributed by atoms with Crippen LogP contribution in [0, 0.1) is 6.92 Å². The summed E-state index contributed by atoms with van der Waals surface area (Å²) < 4.78 is 5.27. The largest absolute Gasteiger partial charge is 0.464 e. The molecule has 1 heterocycles. The summed E-state index contributed by atoms with van der Waals surface area (Å²) >= 11 is 0. The number of rotatable bonds is 3. The Morgan fingerprint density at radius 3 is 2.56 bits per heavy atom. The first-order valence-corrected chi connectivity index (χ1v) is 5.32. The molecule has 0 radical (unpaired) electrons. The second kappa shape index (κ2) is 4.75. The van der Waals surface area contributed by atoms with Gasteiger partial charge in [0.05, 0.1) is 12.3 Å². The van der Waals surface area contributed by atoms with Crippen molar-refractivity contribution in [3.63, 3.8) is 0 Å². The van der Waals surface area contributed by atoms with Gasteiger partial charge in [0, 0.05) is 11.8 Å². The first-order chi connectivity index (χ1) is 7.79. The highest BCUT2D eigenvalue weighted by atomic mass is 16.5. The zero-order valence-corrected chi connectivity index (χ0v) is 9.47. The molecule has 0 fully saturated rings. The van der Waals surface area contributed by atoms with Crippen LogP contribution in [0.3, 0.4) is 0 Å². The maximum atomic E-state index is 5.27. The summed E-state index contributed by atoms with van der Waals surface area (Å²) in [6, 6.07) is 10.5. The lowest BCUT2D eigenvalue weighted by Crippen LogP contribution is -1.97. The molecule has 0 N–H and O–H groups in total. The maximum Gasteiger partial charge on any atom is 0.316 e. The fourth-order valence-corrected chi connectivity index (χ4v) is 1.42. The summed E-state index contributed by atoms with van der Waals surface area (Å²) in [5.41, 5.74) is 3.20. The molecule has 2 rings (SSSR count). The minimum atomic E-state index is 0.431. The predicted molar refractivity (Wildman–Crippen MR) is 63.4 cm³/mol. The van der Waals surface area contributed by atoms with Crippen LogP contribution in [0.1, 0.15) is 12.5 Å². The van der Waals surface area contributed by atoms with Gasteiger partial charge in [-0.3, -0.25) is 0 Å². The van der Waals surface area contributed by atoms with Gasteiger partial charge in [0.2, 0.25) is 0 Å². The molecule has 0 aliphatic rings. The van der Waals surface area contributed by atoms with Gasteiger partial charge in [-0.2, -0.15) is 4.98 Å². The molecular weight excluding hydrogens is 200 g/mol. The zero-order chi connectivity index (χ0) is 11.4. The fourth-order valence-electron chi connectivity index (χ4n) is 1.42. The van der Waals surface area contributed by atoms with E-state index in [0.29, 0.717) is 12.6 Å². The maximum absolute atomic E-state index is 5.27. The van der Waals surface area contributed by atoms with Crippen molar-refractivity contribution in [1.29, 1.82) is 0 Å². The van der Waals surface area contributed by atoms with E-state index in [1.165, 1.54) is 5.56 Å². The van der Waals surface area contributed by atoms with E-state index >= 15 is 0 Å². The standard InChI is InChI=1S/C13H14N2O/c1-3-16-13-14-9-8-12(15-13)11-6-4-10(2)5-7-11/h4-9H,3H2,1-2H3. The van der Waals surface area contributed by atoms with Crippen molar-refractivity contribution in [2.75, 3.05) is 6.61 Å². The highest BCUT2D eigenvalue weighted by Gasteiger charge is 2.01. The average Bonchev–Trinajstić information content (AvgIpc) is 2.31. The third-order valence-corrected chi connectivity index (χ3v) is 2.25. The lowest BCUT2D eigenvalue weighted by molar-refractivity contribution is 0.313. The SMILES string of the molecule is CCOc1nccc(-c2ccc(C)cc2)n1. The fraction of sp³-hybridized carbons (Fsp3) is 0.231. The van der Waals surface area contributed by atoms with Gasteiger partial charge in [-0.25, -0.2) is 4.98 Å². The monoisotopic (exact) mass is 214 g/mol. The molecule has 0 aliphatic heterocycles. The second-order valence-corrected chi connectivity index (χ2v) is 3.52. The Bertz CT molecular complexity index is 466. The highest BCUT2D eigenvalue weighted by Crippen LogP contribution is 2.18. The third kappa shape index (κ3) is 2.37. The molecule has 0 amide bonds. The van der Waals surface area contributed by atoms with E-state index in [9.17, 15) is 0 Å². The van der Waals surface area contributed by atoms with Gasteiger partial charge in [0.25, 0.3) is 0 Å². The first kappa shape index (κ1) is 10.6. The number of aryl methyl sites for hydroxylation is 1. The van der Waals surface area contributed by atoms with Gasteiger partial charge in [-0.05, 0) is 19.9 Å². The minimum absolute atomic E-state index is 0.431. The number of ether oxygens (including phenoxy) is 1. The molecular formula is C13H14N2O. The molecule has 1 aromatic carbocycles. The lowest BCUT2D eigenvalue weighted by atomic mass is 10.1. The van der Waals surface area contributed by atoms with Gasteiger partial charge < -0.3 is 4.74 Å². The lowest BCUT2D eigenvalue weighted by Gasteiger charge is -2.04. The molecule has 0 spiro atoms. The van der Waals surface area contributed by atoms with Gasteiger partial charge in [-0.15, -0.1) is 0 Å². The van der Waals surface area contributed by atoms with Crippen LogP contribution in [-0.2, 0) is 0 Å². The van der Waals surface area contributed by atoms with E-state index in [4.69, 9.17) is 4.74 Å². The van der Waals surface area contributed by atoms with E-state index in [1.54, 1.807) is 6.20 Å². The van der Waals surface area contributed by atoms with E-state index in [2.05, 4.69) is 29.0 Å². The molecule has 3 heteroatoms. The van der Waals surface area contributed by atoms with E-state index in [-0.39, 0.29) is 0 Å². The molecule has 0 saturated heterocycles. The molecule has 82 valence electrons. The topological polar surface area (TPSA) is 35.0 Å². The van der Waals surface area contributed by atoms with Crippen LogP contribution in [0.5, 0.6) is 6.01 Å². The number of nitrogens with zero attached hydrogens (tertiary/aromatic N) is 2. The molecule has 1 aromatic heterocycles. The van der Waals surface area contributed by atoms with Crippen LogP contribution in [0.25, 0.3) is 11.3 Å². The summed E-state index contributed by atoms with van der Waals surface area (Å²) in [4.78, 5) is 8.37. The Hall–Kier alpha value is -1.90. The van der Waals surface area contributed by atoms with Gasteiger partial charge in [0.1, 0.15) is 0 Å². The van der Waals surface area contributed by atoms with Gasteiger partial charge >= 0.3 is 6.01 Å². The van der Waals surface area contributed by atoms with E-state index in [0.717, 1.165) is 11.3 Å². The van der Waals surface area contributed by atoms with Crippen LogP contribution in [0.15, 0.2) is 36.5 Å². The van der Waals surface area contributed by atoms with Crippen molar-refractivity contribution in [2.24, 2.45) is 0 Å². The number of hydrogen-bond donors (Lipinski definition) is 0. The molecule has 0 unspecified atom stereocenters. The van der Waals surface area contributed by atoms with Crippen molar-refractivity contribution in [1.82, 2.24) is 9.97 Å². The van der Waals surface area contributed by atoms with Crippen molar-refractivity contribution in [3.8, 4) is 17.3 Å². The molecule has 16 heavy (non-hydrogen) atoms. The van der Waals surface area contributed by atoms with Crippen LogP contribution in [0.4, 0.5) is 0 Å². The van der Waals surface area contributed by atoms with Gasteiger partial charge in [-0.1, -0.05) is 29.8 Å². The first-order valence-electron chi connectivity index (χ1n) is 5.32. The van der Waals surface area contributed by atoms with Crippen LogP contribution >= 0.6 is 0 Å². The Kier molecular flexibility index (Phi) is 3.15. The summed E-state index contributed by atoms with van der Waals surface area (Å²) in [5.74, 6) is 0. The number of aromatic nitrogens is 2. The van der Waals surface area contributed by atoms with Gasteiger partial charge in [0.15, 0.2) is 0 Å². The van der Waals surface area contributed by atoms with Crippen LogP contribution in [0.2, 0.25) is 0 Å². The Morgan fingerprint density at radius 2 is 1.88 bits per heavy atom. The molecule has 0 bridgehead atoms. The van der Waals surface area contributed by atoms with E-state index < -0.39 is 0 Å². The summed E-state index contributed by atoms with van der Waals surface area (Å²) in [6.07, 6.45) is 1.72. The quantitative estimate of drug-likeness (QED) is 0.788. The molecule has 2 aromatic rings. The average molecular weight is 214 g/mol. The van der Waals surface area contributed by atoms with Crippen molar-refractivity contribution in [2.45, 2.75) is 13.8 Å². The smallest absolute Gasteiger partial charge is 0.316 e. The third-order valence-electron chi connectivity index (χ3n) is 2.25. The highest BCUT2D eigenvalue weighted by molar-refractivity contribution is 5.59. The Morgan fingerprint density at radius 1 is 1.12 bits per heavy atom. The summed E-state index contributed by atoms with van der Waals surface area (Å²) in [5, 5.41) is 0. The summed E-state index contributed by atoms with van der Waals surface area (Å²) in [7, 11) is 0. The second-order valence-electron chi connectivity index (χ2n) is 3.52. The molecule has 0 saturated carbocycles. The Labute approximate surface area is 95.1 Å².